The Kier molecular flexibility index (Phi) is 5.03. The van der Waals surface area contributed by atoms with Crippen LogP contribution in [-0.2, 0) is 0 Å². The van der Waals surface area contributed by atoms with Gasteiger partial charge in [0.2, 0.25) is 0 Å². The van der Waals surface area contributed by atoms with E-state index in [1.165, 1.54) is 18.2 Å². The number of rotatable bonds is 4. The van der Waals surface area contributed by atoms with Crippen molar-refractivity contribution >= 4 is 23.2 Å². The molecule has 6 heteroatoms. The van der Waals surface area contributed by atoms with Crippen LogP contribution in [0.4, 0.5) is 15.8 Å². The van der Waals surface area contributed by atoms with E-state index < -0.39 is 0 Å². The number of pyridine rings is 1. The number of amides is 2. The summed E-state index contributed by atoms with van der Waals surface area (Å²) in [6, 6.07) is 15.7. The predicted molar refractivity (Wildman–Crippen MR) is 97.7 cm³/mol. The molecule has 0 saturated carbocycles. The zero-order chi connectivity index (χ0) is 18.5. The highest BCUT2D eigenvalue weighted by molar-refractivity contribution is 6.06. The van der Waals surface area contributed by atoms with Crippen molar-refractivity contribution in [3.05, 3.63) is 89.5 Å². The molecule has 2 amide bonds. The summed E-state index contributed by atoms with van der Waals surface area (Å²) in [4.78, 5) is 28.3. The minimum Gasteiger partial charge on any atom is -0.322 e. The fraction of sp³-hybridized carbons (Fsp3) is 0.0500. The first-order valence-corrected chi connectivity index (χ1v) is 7.93. The zero-order valence-electron chi connectivity index (χ0n) is 14.0. The van der Waals surface area contributed by atoms with Gasteiger partial charge in [0.05, 0.1) is 0 Å². The Balaban J connectivity index is 1.67. The van der Waals surface area contributed by atoms with E-state index in [-0.39, 0.29) is 17.6 Å². The van der Waals surface area contributed by atoms with Crippen LogP contribution < -0.4 is 10.6 Å². The van der Waals surface area contributed by atoms with Crippen LogP contribution in [0.1, 0.15) is 26.4 Å². The Morgan fingerprint density at radius 3 is 2.35 bits per heavy atom. The summed E-state index contributed by atoms with van der Waals surface area (Å²) in [7, 11) is 0. The molecule has 0 unspecified atom stereocenters. The van der Waals surface area contributed by atoms with Gasteiger partial charge in [0.25, 0.3) is 11.8 Å². The molecule has 0 aliphatic rings. The molecule has 2 N–H and O–H groups in total. The van der Waals surface area contributed by atoms with Crippen molar-refractivity contribution in [1.29, 1.82) is 0 Å². The van der Waals surface area contributed by atoms with Crippen molar-refractivity contribution < 1.29 is 14.0 Å². The van der Waals surface area contributed by atoms with E-state index in [1.54, 1.807) is 55.6 Å². The fourth-order valence-electron chi connectivity index (χ4n) is 2.36. The molecule has 0 atom stereocenters. The summed E-state index contributed by atoms with van der Waals surface area (Å²) >= 11 is 0. The van der Waals surface area contributed by atoms with Crippen LogP contribution in [0, 0.1) is 12.7 Å². The van der Waals surface area contributed by atoms with Crippen molar-refractivity contribution in [3.63, 3.8) is 0 Å². The fourth-order valence-corrected chi connectivity index (χ4v) is 2.36. The lowest BCUT2D eigenvalue weighted by Crippen LogP contribution is -2.15. The van der Waals surface area contributed by atoms with Crippen molar-refractivity contribution in [3.8, 4) is 0 Å². The number of benzene rings is 2. The van der Waals surface area contributed by atoms with E-state index in [0.29, 0.717) is 28.2 Å². The van der Waals surface area contributed by atoms with Gasteiger partial charge in [-0.25, -0.2) is 4.39 Å². The van der Waals surface area contributed by atoms with Crippen LogP contribution in [0.5, 0.6) is 0 Å². The second-order valence-corrected chi connectivity index (χ2v) is 5.66. The van der Waals surface area contributed by atoms with Crippen molar-refractivity contribution in [1.82, 2.24) is 4.98 Å². The molecular weight excluding hydrogens is 333 g/mol. The smallest absolute Gasteiger partial charge is 0.274 e. The van der Waals surface area contributed by atoms with Gasteiger partial charge in [0, 0.05) is 23.1 Å². The standard InChI is InChI=1S/C20H16FN3O2/c1-13-12-15(21)7-10-17(13)24-19(25)14-5-8-16(9-6-14)23-20(26)18-4-2-3-11-22-18/h2-12H,1H3,(H,23,26)(H,24,25). The summed E-state index contributed by atoms with van der Waals surface area (Å²) in [5.41, 5.74) is 2.46. The highest BCUT2D eigenvalue weighted by atomic mass is 19.1. The Bertz CT molecular complexity index is 941. The van der Waals surface area contributed by atoms with Crippen LogP contribution in [0.2, 0.25) is 0 Å². The van der Waals surface area contributed by atoms with Gasteiger partial charge in [0.15, 0.2) is 0 Å². The third-order valence-electron chi connectivity index (χ3n) is 3.74. The first-order valence-electron chi connectivity index (χ1n) is 7.93. The lowest BCUT2D eigenvalue weighted by atomic mass is 10.1. The third-order valence-corrected chi connectivity index (χ3v) is 3.74. The van der Waals surface area contributed by atoms with Gasteiger partial charge in [-0.15, -0.1) is 0 Å². The molecule has 5 nitrogen and oxygen atoms in total. The van der Waals surface area contributed by atoms with Gasteiger partial charge in [-0.1, -0.05) is 6.07 Å². The second kappa shape index (κ2) is 7.57. The molecule has 3 rings (SSSR count). The predicted octanol–water partition coefficient (Wildman–Crippen LogP) is 4.03. The second-order valence-electron chi connectivity index (χ2n) is 5.66. The number of carbonyl (C=O) groups is 2. The number of aryl methyl sites for hydroxylation is 1. The molecule has 3 aromatic rings. The molecule has 0 spiro atoms. The van der Waals surface area contributed by atoms with Gasteiger partial charge in [-0.2, -0.15) is 0 Å². The summed E-state index contributed by atoms with van der Waals surface area (Å²) in [5, 5.41) is 5.45. The normalized spacial score (nSPS) is 10.2. The van der Waals surface area contributed by atoms with E-state index in [9.17, 15) is 14.0 Å². The minimum absolute atomic E-state index is 0.307. The maximum absolute atomic E-state index is 13.1. The Morgan fingerprint density at radius 1 is 0.923 bits per heavy atom. The molecule has 1 heterocycles. The molecule has 1 aromatic heterocycles. The maximum Gasteiger partial charge on any atom is 0.274 e. The number of carbonyl (C=O) groups excluding carboxylic acids is 2. The van der Waals surface area contributed by atoms with Gasteiger partial charge in [0.1, 0.15) is 11.5 Å². The number of nitrogens with zero attached hydrogens (tertiary/aromatic N) is 1. The average molecular weight is 349 g/mol. The van der Waals surface area contributed by atoms with Crippen LogP contribution in [0.25, 0.3) is 0 Å². The van der Waals surface area contributed by atoms with Gasteiger partial charge >= 0.3 is 0 Å². The van der Waals surface area contributed by atoms with Crippen molar-refractivity contribution in [2.24, 2.45) is 0 Å². The van der Waals surface area contributed by atoms with Crippen LogP contribution in [0.15, 0.2) is 66.9 Å². The SMILES string of the molecule is Cc1cc(F)ccc1NC(=O)c1ccc(NC(=O)c2ccccn2)cc1. The summed E-state index contributed by atoms with van der Waals surface area (Å²) < 4.78 is 13.1. The highest BCUT2D eigenvalue weighted by Gasteiger charge is 2.10. The number of hydrogen-bond donors (Lipinski definition) is 2. The lowest BCUT2D eigenvalue weighted by Gasteiger charge is -2.09. The Hall–Kier alpha value is -3.54. The van der Waals surface area contributed by atoms with E-state index in [2.05, 4.69) is 15.6 Å². The number of halogens is 1. The van der Waals surface area contributed by atoms with E-state index in [0.717, 1.165) is 0 Å². The summed E-state index contributed by atoms with van der Waals surface area (Å²) in [6.45, 7) is 1.72. The number of anilines is 2. The molecule has 0 saturated heterocycles. The van der Waals surface area contributed by atoms with Crippen molar-refractivity contribution in [2.75, 3.05) is 10.6 Å². The van der Waals surface area contributed by atoms with E-state index >= 15 is 0 Å². The van der Waals surface area contributed by atoms with Gasteiger partial charge in [-0.3, -0.25) is 14.6 Å². The Morgan fingerprint density at radius 2 is 1.69 bits per heavy atom. The first-order chi connectivity index (χ1) is 12.5. The molecular formula is C20H16FN3O2. The third kappa shape index (κ3) is 4.10. The average Bonchev–Trinajstić information content (AvgIpc) is 2.65. The molecule has 2 aromatic carbocycles. The highest BCUT2D eigenvalue weighted by Crippen LogP contribution is 2.18. The molecule has 0 aliphatic carbocycles. The Labute approximate surface area is 149 Å². The summed E-state index contributed by atoms with van der Waals surface area (Å²) in [5.74, 6) is -0.999. The lowest BCUT2D eigenvalue weighted by molar-refractivity contribution is 0.101. The van der Waals surface area contributed by atoms with Crippen LogP contribution in [0.3, 0.4) is 0 Å². The van der Waals surface area contributed by atoms with E-state index in [1.807, 2.05) is 0 Å². The quantitative estimate of drug-likeness (QED) is 0.747. The van der Waals surface area contributed by atoms with E-state index in [4.69, 9.17) is 0 Å². The van der Waals surface area contributed by atoms with Crippen molar-refractivity contribution in [2.45, 2.75) is 6.92 Å². The zero-order valence-corrected chi connectivity index (χ0v) is 14.0. The van der Waals surface area contributed by atoms with Gasteiger partial charge < -0.3 is 10.6 Å². The first kappa shape index (κ1) is 17.3. The number of nitrogens with one attached hydrogen (secondary N) is 2. The maximum atomic E-state index is 13.1. The van der Waals surface area contributed by atoms with Crippen LogP contribution >= 0.6 is 0 Å². The molecule has 0 radical (unpaired) electrons. The van der Waals surface area contributed by atoms with Gasteiger partial charge in [-0.05, 0) is 67.1 Å². The topological polar surface area (TPSA) is 71.1 Å². The largest absolute Gasteiger partial charge is 0.322 e. The number of aromatic nitrogens is 1. The summed E-state index contributed by atoms with van der Waals surface area (Å²) in [6.07, 6.45) is 1.54. The minimum atomic E-state index is -0.353. The molecule has 26 heavy (non-hydrogen) atoms. The molecule has 0 bridgehead atoms. The van der Waals surface area contributed by atoms with Crippen LogP contribution in [-0.4, -0.2) is 16.8 Å². The molecule has 0 aliphatic heterocycles. The monoisotopic (exact) mass is 349 g/mol. The molecule has 0 fully saturated rings. The number of hydrogen-bond acceptors (Lipinski definition) is 3. The molecule has 130 valence electrons.